The third-order valence-corrected chi connectivity index (χ3v) is 2.37. The van der Waals surface area contributed by atoms with E-state index in [1.807, 2.05) is 0 Å². The number of hydrogen-bond donors (Lipinski definition) is 3. The first-order valence-corrected chi connectivity index (χ1v) is 5.71. The molecule has 0 unspecified atom stereocenters. The Morgan fingerprint density at radius 2 is 2.18 bits per heavy atom. The molecule has 2 rings (SSSR count). The largest absolute Gasteiger partial charge is 0.368 e. The van der Waals surface area contributed by atoms with Crippen LogP contribution in [-0.2, 0) is 4.79 Å². The summed E-state index contributed by atoms with van der Waals surface area (Å²) < 4.78 is 0. The minimum atomic E-state index is 0.0214. The molecule has 0 saturated heterocycles. The lowest BCUT2D eigenvalue weighted by Gasteiger charge is -2.05. The van der Waals surface area contributed by atoms with Crippen molar-refractivity contribution in [2.45, 2.75) is 25.3 Å². The van der Waals surface area contributed by atoms with E-state index in [0.717, 1.165) is 12.8 Å². The van der Waals surface area contributed by atoms with Crippen LogP contribution in [0.5, 0.6) is 0 Å². The van der Waals surface area contributed by atoms with Crippen molar-refractivity contribution in [2.24, 2.45) is 0 Å². The molecular formula is C9H13ClN6O. The number of aromatic nitrogens is 3. The molecule has 0 spiro atoms. The molecule has 1 amide bonds. The summed E-state index contributed by atoms with van der Waals surface area (Å²) in [5, 5.41) is 5.77. The van der Waals surface area contributed by atoms with Crippen molar-refractivity contribution < 1.29 is 4.79 Å². The maximum atomic E-state index is 11.4. The fourth-order valence-corrected chi connectivity index (χ4v) is 1.43. The van der Waals surface area contributed by atoms with Crippen LogP contribution in [0.15, 0.2) is 0 Å². The summed E-state index contributed by atoms with van der Waals surface area (Å²) in [5.74, 6) is 0.352. The Balaban J connectivity index is 1.74. The number of nitrogen functional groups attached to an aromatic ring is 1. The van der Waals surface area contributed by atoms with Crippen molar-refractivity contribution in [1.82, 2.24) is 20.3 Å². The second-order valence-electron chi connectivity index (χ2n) is 3.80. The summed E-state index contributed by atoms with van der Waals surface area (Å²) >= 11 is 5.61. The maximum absolute atomic E-state index is 11.4. The van der Waals surface area contributed by atoms with E-state index in [-0.39, 0.29) is 23.1 Å². The van der Waals surface area contributed by atoms with Crippen molar-refractivity contribution >= 4 is 29.4 Å². The van der Waals surface area contributed by atoms with Gasteiger partial charge in [-0.25, -0.2) is 0 Å². The van der Waals surface area contributed by atoms with Gasteiger partial charge in [0.1, 0.15) is 0 Å². The third kappa shape index (κ3) is 4.03. The maximum Gasteiger partial charge on any atom is 0.228 e. The van der Waals surface area contributed by atoms with E-state index in [0.29, 0.717) is 19.0 Å². The van der Waals surface area contributed by atoms with Gasteiger partial charge < -0.3 is 16.4 Å². The Morgan fingerprint density at radius 1 is 1.41 bits per heavy atom. The van der Waals surface area contributed by atoms with Gasteiger partial charge in [0, 0.05) is 19.0 Å². The van der Waals surface area contributed by atoms with Crippen molar-refractivity contribution in [3.05, 3.63) is 5.28 Å². The van der Waals surface area contributed by atoms with E-state index >= 15 is 0 Å². The summed E-state index contributed by atoms with van der Waals surface area (Å²) in [6.45, 7) is 0.429. The molecule has 1 aliphatic rings. The van der Waals surface area contributed by atoms with E-state index in [4.69, 9.17) is 17.3 Å². The number of hydrogen-bond acceptors (Lipinski definition) is 6. The smallest absolute Gasteiger partial charge is 0.228 e. The molecule has 1 saturated carbocycles. The monoisotopic (exact) mass is 256 g/mol. The van der Waals surface area contributed by atoms with Crippen LogP contribution in [-0.4, -0.2) is 33.4 Å². The van der Waals surface area contributed by atoms with Crippen LogP contribution in [0.2, 0.25) is 5.28 Å². The number of halogens is 1. The predicted octanol–water partition coefficient (Wildman–Crippen LogP) is 0.188. The lowest BCUT2D eigenvalue weighted by Crippen LogP contribution is -2.27. The number of nitrogens with two attached hydrogens (primary N) is 1. The van der Waals surface area contributed by atoms with Gasteiger partial charge in [0.05, 0.1) is 0 Å². The standard InChI is InChI=1S/C9H13ClN6O/c10-7-14-8(11)16-9(15-7)12-4-3-6(17)13-5-1-2-5/h5H,1-4H2,(H,13,17)(H3,11,12,14,15,16). The Morgan fingerprint density at radius 3 is 2.82 bits per heavy atom. The zero-order chi connectivity index (χ0) is 12.3. The molecule has 0 radical (unpaired) electrons. The first kappa shape index (κ1) is 11.8. The van der Waals surface area contributed by atoms with Gasteiger partial charge in [0.25, 0.3) is 0 Å². The SMILES string of the molecule is Nc1nc(Cl)nc(NCCC(=O)NC2CC2)n1. The fraction of sp³-hybridized carbons (Fsp3) is 0.556. The van der Waals surface area contributed by atoms with E-state index in [2.05, 4.69) is 25.6 Å². The minimum Gasteiger partial charge on any atom is -0.368 e. The Bertz CT molecular complexity index is 402. The Kier molecular flexibility index (Phi) is 3.58. The fourth-order valence-electron chi connectivity index (χ4n) is 1.26. The second kappa shape index (κ2) is 5.13. The third-order valence-electron chi connectivity index (χ3n) is 2.20. The van der Waals surface area contributed by atoms with Crippen molar-refractivity contribution in [3.63, 3.8) is 0 Å². The molecule has 8 heteroatoms. The van der Waals surface area contributed by atoms with Crippen LogP contribution in [0, 0.1) is 0 Å². The molecule has 1 aromatic heterocycles. The number of carbonyl (C=O) groups is 1. The lowest BCUT2D eigenvalue weighted by atomic mass is 10.4. The summed E-state index contributed by atoms with van der Waals surface area (Å²) in [4.78, 5) is 22.6. The average molecular weight is 257 g/mol. The number of anilines is 2. The van der Waals surface area contributed by atoms with Crippen molar-refractivity contribution in [2.75, 3.05) is 17.6 Å². The molecular weight excluding hydrogens is 244 g/mol. The molecule has 17 heavy (non-hydrogen) atoms. The topological polar surface area (TPSA) is 106 Å². The number of nitrogens with one attached hydrogen (secondary N) is 2. The molecule has 1 aromatic rings. The molecule has 92 valence electrons. The van der Waals surface area contributed by atoms with Crippen molar-refractivity contribution in [1.29, 1.82) is 0 Å². The lowest BCUT2D eigenvalue weighted by molar-refractivity contribution is -0.120. The van der Waals surface area contributed by atoms with Crippen LogP contribution >= 0.6 is 11.6 Å². The Labute approximate surface area is 103 Å². The normalized spacial score (nSPS) is 14.4. The zero-order valence-corrected chi connectivity index (χ0v) is 9.87. The molecule has 1 aliphatic carbocycles. The molecule has 1 fully saturated rings. The second-order valence-corrected chi connectivity index (χ2v) is 4.14. The molecule has 1 heterocycles. The molecule has 7 nitrogen and oxygen atoms in total. The summed E-state index contributed by atoms with van der Waals surface area (Å²) in [5.41, 5.74) is 5.40. The van der Waals surface area contributed by atoms with E-state index in [9.17, 15) is 4.79 Å². The van der Waals surface area contributed by atoms with Gasteiger partial charge >= 0.3 is 0 Å². The van der Waals surface area contributed by atoms with Gasteiger partial charge in [-0.1, -0.05) is 0 Å². The zero-order valence-electron chi connectivity index (χ0n) is 9.11. The number of nitrogens with zero attached hydrogens (tertiary/aromatic N) is 3. The number of amides is 1. The van der Waals surface area contributed by atoms with Crippen LogP contribution in [0.1, 0.15) is 19.3 Å². The van der Waals surface area contributed by atoms with Gasteiger partial charge in [-0.2, -0.15) is 15.0 Å². The molecule has 0 aromatic carbocycles. The van der Waals surface area contributed by atoms with Gasteiger partial charge in [0.2, 0.25) is 23.1 Å². The van der Waals surface area contributed by atoms with Crippen LogP contribution in [0.4, 0.5) is 11.9 Å². The highest BCUT2D eigenvalue weighted by atomic mass is 35.5. The van der Waals surface area contributed by atoms with E-state index < -0.39 is 0 Å². The highest BCUT2D eigenvalue weighted by Gasteiger charge is 2.22. The minimum absolute atomic E-state index is 0.0214. The first-order chi connectivity index (χ1) is 8.13. The average Bonchev–Trinajstić information content (AvgIpc) is 3.00. The highest BCUT2D eigenvalue weighted by Crippen LogP contribution is 2.18. The first-order valence-electron chi connectivity index (χ1n) is 5.34. The van der Waals surface area contributed by atoms with E-state index in [1.54, 1.807) is 0 Å². The summed E-state index contributed by atoms with van der Waals surface area (Å²) in [6.07, 6.45) is 2.53. The predicted molar refractivity (Wildman–Crippen MR) is 63.5 cm³/mol. The van der Waals surface area contributed by atoms with Crippen LogP contribution in [0.25, 0.3) is 0 Å². The number of rotatable bonds is 5. The highest BCUT2D eigenvalue weighted by molar-refractivity contribution is 6.28. The molecule has 0 atom stereocenters. The van der Waals surface area contributed by atoms with Gasteiger partial charge in [0.15, 0.2) is 0 Å². The molecule has 4 N–H and O–H groups in total. The quantitative estimate of drug-likeness (QED) is 0.694. The Hall–Kier alpha value is -1.63. The number of carbonyl (C=O) groups excluding carboxylic acids is 1. The van der Waals surface area contributed by atoms with Gasteiger partial charge in [-0.3, -0.25) is 4.79 Å². The van der Waals surface area contributed by atoms with Gasteiger partial charge in [-0.05, 0) is 24.4 Å². The van der Waals surface area contributed by atoms with Crippen molar-refractivity contribution in [3.8, 4) is 0 Å². The summed E-state index contributed by atoms with van der Waals surface area (Å²) in [6, 6.07) is 0.379. The van der Waals surface area contributed by atoms with Crippen LogP contribution < -0.4 is 16.4 Å². The molecule has 0 aliphatic heterocycles. The van der Waals surface area contributed by atoms with Gasteiger partial charge in [-0.15, -0.1) is 0 Å². The van der Waals surface area contributed by atoms with E-state index in [1.165, 1.54) is 0 Å². The van der Waals surface area contributed by atoms with Crippen LogP contribution in [0.3, 0.4) is 0 Å². The molecule has 0 bridgehead atoms. The summed E-state index contributed by atoms with van der Waals surface area (Å²) in [7, 11) is 0.